The van der Waals surface area contributed by atoms with E-state index >= 15 is 0 Å². The Kier molecular flexibility index (Phi) is 4.09. The first kappa shape index (κ1) is 15.3. The van der Waals surface area contributed by atoms with Gasteiger partial charge in [0.15, 0.2) is 0 Å². The molecule has 20 heavy (non-hydrogen) atoms. The van der Waals surface area contributed by atoms with Gasteiger partial charge in [-0.3, -0.25) is 9.59 Å². The zero-order valence-corrected chi connectivity index (χ0v) is 13.1. The molecule has 0 bridgehead atoms. The second-order valence-electron chi connectivity index (χ2n) is 6.93. The first-order valence-electron chi connectivity index (χ1n) is 7.57. The Hall–Kier alpha value is -1.10. The summed E-state index contributed by atoms with van der Waals surface area (Å²) in [6.07, 6.45) is 2.59. The molecule has 2 aliphatic rings. The molecule has 5 nitrogen and oxygen atoms in total. The minimum absolute atomic E-state index is 0.0256. The smallest absolute Gasteiger partial charge is 0.247 e. The van der Waals surface area contributed by atoms with Crippen LogP contribution >= 0.6 is 0 Å². The molecule has 2 rings (SSSR count). The fourth-order valence-electron chi connectivity index (χ4n) is 3.46. The molecule has 3 atom stereocenters. The Balaban J connectivity index is 2.11. The van der Waals surface area contributed by atoms with Crippen LogP contribution in [-0.2, 0) is 9.59 Å². The predicted molar refractivity (Wildman–Crippen MR) is 77.9 cm³/mol. The van der Waals surface area contributed by atoms with E-state index in [1.807, 2.05) is 13.8 Å². The van der Waals surface area contributed by atoms with E-state index < -0.39 is 5.54 Å². The molecule has 3 unspecified atom stereocenters. The van der Waals surface area contributed by atoms with Gasteiger partial charge in [-0.25, -0.2) is 0 Å². The quantitative estimate of drug-likeness (QED) is 0.774. The van der Waals surface area contributed by atoms with E-state index in [-0.39, 0.29) is 23.8 Å². The SMILES string of the molecule is CC1CC(C(=O)N2CCN(C)C(=O)C2(C)C)CCC1N. The van der Waals surface area contributed by atoms with Crippen molar-refractivity contribution in [2.75, 3.05) is 20.1 Å². The topological polar surface area (TPSA) is 66.6 Å². The van der Waals surface area contributed by atoms with Crippen LogP contribution in [0.15, 0.2) is 0 Å². The molecule has 0 spiro atoms. The van der Waals surface area contributed by atoms with Gasteiger partial charge in [-0.1, -0.05) is 6.92 Å². The Morgan fingerprint density at radius 1 is 1.30 bits per heavy atom. The molecule has 114 valence electrons. The van der Waals surface area contributed by atoms with Gasteiger partial charge in [-0.15, -0.1) is 0 Å². The van der Waals surface area contributed by atoms with Crippen molar-refractivity contribution in [2.24, 2.45) is 17.6 Å². The summed E-state index contributed by atoms with van der Waals surface area (Å²) in [7, 11) is 1.80. The third kappa shape index (κ3) is 2.55. The van der Waals surface area contributed by atoms with Gasteiger partial charge in [0.25, 0.3) is 0 Å². The maximum atomic E-state index is 12.8. The van der Waals surface area contributed by atoms with E-state index in [2.05, 4.69) is 6.92 Å². The van der Waals surface area contributed by atoms with Gasteiger partial charge in [0.1, 0.15) is 5.54 Å². The van der Waals surface area contributed by atoms with Crippen molar-refractivity contribution in [3.05, 3.63) is 0 Å². The highest BCUT2D eigenvalue weighted by Gasteiger charge is 2.45. The van der Waals surface area contributed by atoms with Crippen LogP contribution in [-0.4, -0.2) is 53.3 Å². The van der Waals surface area contributed by atoms with Crippen molar-refractivity contribution in [1.29, 1.82) is 0 Å². The minimum Gasteiger partial charge on any atom is -0.342 e. The van der Waals surface area contributed by atoms with Crippen LogP contribution in [0.2, 0.25) is 0 Å². The number of carbonyl (C=O) groups is 2. The van der Waals surface area contributed by atoms with Gasteiger partial charge in [-0.2, -0.15) is 0 Å². The van der Waals surface area contributed by atoms with Crippen LogP contribution in [0.4, 0.5) is 0 Å². The lowest BCUT2D eigenvalue weighted by atomic mass is 9.78. The average Bonchev–Trinajstić information content (AvgIpc) is 2.39. The van der Waals surface area contributed by atoms with Crippen molar-refractivity contribution < 1.29 is 9.59 Å². The van der Waals surface area contributed by atoms with Crippen LogP contribution in [0, 0.1) is 11.8 Å². The van der Waals surface area contributed by atoms with Gasteiger partial charge in [-0.05, 0) is 39.0 Å². The molecule has 1 heterocycles. The number of amides is 2. The molecule has 0 aromatic rings. The zero-order chi connectivity index (χ0) is 15.1. The van der Waals surface area contributed by atoms with Gasteiger partial charge in [0.05, 0.1) is 0 Å². The molecular weight excluding hydrogens is 254 g/mol. The van der Waals surface area contributed by atoms with Gasteiger partial charge < -0.3 is 15.5 Å². The number of piperazine rings is 1. The molecule has 0 aromatic heterocycles. The molecule has 5 heteroatoms. The molecule has 2 amide bonds. The molecule has 0 radical (unpaired) electrons. The summed E-state index contributed by atoms with van der Waals surface area (Å²) in [5.74, 6) is 0.567. The van der Waals surface area contributed by atoms with Crippen molar-refractivity contribution in [3.63, 3.8) is 0 Å². The number of hydrogen-bond donors (Lipinski definition) is 1. The molecule has 1 aliphatic heterocycles. The molecular formula is C15H27N3O2. The van der Waals surface area contributed by atoms with Crippen LogP contribution in [0.25, 0.3) is 0 Å². The molecule has 1 saturated carbocycles. The predicted octanol–water partition coefficient (Wildman–Crippen LogP) is 0.829. The number of nitrogens with two attached hydrogens (primary N) is 1. The van der Waals surface area contributed by atoms with Crippen LogP contribution in [0.5, 0.6) is 0 Å². The van der Waals surface area contributed by atoms with Crippen molar-refractivity contribution in [2.45, 2.75) is 51.6 Å². The first-order chi connectivity index (χ1) is 9.25. The van der Waals surface area contributed by atoms with E-state index in [9.17, 15) is 9.59 Å². The van der Waals surface area contributed by atoms with Gasteiger partial charge in [0, 0.05) is 32.1 Å². The summed E-state index contributed by atoms with van der Waals surface area (Å²) in [5.41, 5.74) is 5.30. The zero-order valence-electron chi connectivity index (χ0n) is 13.1. The molecule has 2 fully saturated rings. The Labute approximate surface area is 121 Å². The largest absolute Gasteiger partial charge is 0.342 e. The van der Waals surface area contributed by atoms with E-state index in [0.29, 0.717) is 19.0 Å². The molecule has 0 aromatic carbocycles. The third-order valence-corrected chi connectivity index (χ3v) is 5.05. The number of carbonyl (C=O) groups excluding carboxylic acids is 2. The van der Waals surface area contributed by atoms with Crippen LogP contribution in [0.1, 0.15) is 40.0 Å². The Bertz CT molecular complexity index is 408. The molecule has 1 saturated heterocycles. The normalized spacial score (nSPS) is 34.2. The van der Waals surface area contributed by atoms with Gasteiger partial charge >= 0.3 is 0 Å². The van der Waals surface area contributed by atoms with Crippen LogP contribution in [0.3, 0.4) is 0 Å². The maximum absolute atomic E-state index is 12.8. The average molecular weight is 281 g/mol. The fourth-order valence-corrected chi connectivity index (χ4v) is 3.46. The lowest BCUT2D eigenvalue weighted by molar-refractivity contribution is -0.160. The fraction of sp³-hybridized carbons (Fsp3) is 0.867. The van der Waals surface area contributed by atoms with Crippen LogP contribution < -0.4 is 5.73 Å². The van der Waals surface area contributed by atoms with E-state index in [1.165, 1.54) is 0 Å². The lowest BCUT2D eigenvalue weighted by Gasteiger charge is -2.46. The first-order valence-corrected chi connectivity index (χ1v) is 7.57. The summed E-state index contributed by atoms with van der Waals surface area (Å²) in [5, 5.41) is 0. The van der Waals surface area contributed by atoms with Crippen molar-refractivity contribution in [3.8, 4) is 0 Å². The second-order valence-corrected chi connectivity index (χ2v) is 6.93. The van der Waals surface area contributed by atoms with E-state index in [4.69, 9.17) is 5.73 Å². The highest BCUT2D eigenvalue weighted by atomic mass is 16.2. The highest BCUT2D eigenvalue weighted by Crippen LogP contribution is 2.32. The minimum atomic E-state index is -0.729. The lowest BCUT2D eigenvalue weighted by Crippen LogP contribution is -2.64. The highest BCUT2D eigenvalue weighted by molar-refractivity contribution is 5.92. The second kappa shape index (κ2) is 5.35. The summed E-state index contributed by atoms with van der Waals surface area (Å²) >= 11 is 0. The van der Waals surface area contributed by atoms with E-state index in [1.54, 1.807) is 16.8 Å². The standard InChI is InChI=1S/C15H27N3O2/c1-10-9-11(5-6-12(10)16)13(19)18-8-7-17(4)14(20)15(18,2)3/h10-12H,5-9,16H2,1-4H3. The number of hydrogen-bond acceptors (Lipinski definition) is 3. The Morgan fingerprint density at radius 3 is 2.55 bits per heavy atom. The maximum Gasteiger partial charge on any atom is 0.247 e. The van der Waals surface area contributed by atoms with E-state index in [0.717, 1.165) is 19.3 Å². The summed E-state index contributed by atoms with van der Waals surface area (Å²) < 4.78 is 0. The summed E-state index contributed by atoms with van der Waals surface area (Å²) in [6, 6.07) is 0.209. The Morgan fingerprint density at radius 2 is 1.95 bits per heavy atom. The number of likely N-dealkylation sites (N-methyl/N-ethyl adjacent to an activating group) is 1. The van der Waals surface area contributed by atoms with Crippen molar-refractivity contribution >= 4 is 11.8 Å². The molecule has 2 N–H and O–H groups in total. The van der Waals surface area contributed by atoms with Crippen molar-refractivity contribution in [1.82, 2.24) is 9.80 Å². The monoisotopic (exact) mass is 281 g/mol. The third-order valence-electron chi connectivity index (χ3n) is 5.05. The number of nitrogens with zero attached hydrogens (tertiary/aromatic N) is 2. The number of rotatable bonds is 1. The molecule has 1 aliphatic carbocycles. The summed E-state index contributed by atoms with van der Waals surface area (Å²) in [4.78, 5) is 28.6. The van der Waals surface area contributed by atoms with Gasteiger partial charge in [0.2, 0.25) is 11.8 Å². The summed E-state index contributed by atoms with van der Waals surface area (Å²) in [6.45, 7) is 7.06.